The summed E-state index contributed by atoms with van der Waals surface area (Å²) in [4.78, 5) is 18.3. The van der Waals surface area contributed by atoms with Gasteiger partial charge in [-0.3, -0.25) is 15.0 Å². The first-order valence-corrected chi connectivity index (χ1v) is 9.51. The van der Waals surface area contributed by atoms with Crippen LogP contribution in [-0.2, 0) is 4.74 Å². The van der Waals surface area contributed by atoms with Gasteiger partial charge in [0.2, 0.25) is 0 Å². The first-order valence-electron chi connectivity index (χ1n) is 7.81. The van der Waals surface area contributed by atoms with Crippen LogP contribution in [0.2, 0.25) is 0 Å². The summed E-state index contributed by atoms with van der Waals surface area (Å²) >= 11 is 3.46. The second kappa shape index (κ2) is 6.62. The number of benzene rings is 1. The van der Waals surface area contributed by atoms with E-state index in [4.69, 9.17) is 4.74 Å². The van der Waals surface area contributed by atoms with Crippen LogP contribution in [0.4, 0.5) is 5.13 Å². The molecule has 0 aliphatic carbocycles. The summed E-state index contributed by atoms with van der Waals surface area (Å²) in [6.07, 6.45) is 2.90. The van der Waals surface area contributed by atoms with Gasteiger partial charge in [0.15, 0.2) is 5.13 Å². The number of H-pyrrole nitrogens is 2. The predicted octanol–water partition coefficient (Wildman–Crippen LogP) is 2.98. The minimum Gasteiger partial charge on any atom is -0.378 e. The zero-order valence-electron chi connectivity index (χ0n) is 13.2. The summed E-state index contributed by atoms with van der Waals surface area (Å²) < 4.78 is 5.77. The maximum Gasteiger partial charge on any atom is 0.271 e. The van der Waals surface area contributed by atoms with E-state index in [0.717, 1.165) is 28.6 Å². The lowest BCUT2D eigenvalue weighted by Crippen LogP contribution is -2.36. The van der Waals surface area contributed by atoms with Gasteiger partial charge in [-0.15, -0.1) is 23.1 Å². The molecule has 1 saturated heterocycles. The number of fused-ring (bicyclic) bond motifs is 1. The van der Waals surface area contributed by atoms with Gasteiger partial charge < -0.3 is 10.1 Å². The smallest absolute Gasteiger partial charge is 0.271 e. The Morgan fingerprint density at radius 2 is 2.29 bits per heavy atom. The number of thioether (sulfide) groups is 1. The second-order valence-corrected chi connectivity index (χ2v) is 8.53. The molecule has 1 fully saturated rings. The summed E-state index contributed by atoms with van der Waals surface area (Å²) in [5.41, 5.74) is 0.764. The zero-order valence-corrected chi connectivity index (χ0v) is 14.8. The highest BCUT2D eigenvalue weighted by Gasteiger charge is 2.24. The lowest BCUT2D eigenvalue weighted by Gasteiger charge is -2.29. The average molecular weight is 362 g/mol. The van der Waals surface area contributed by atoms with E-state index in [1.54, 1.807) is 23.1 Å². The molecule has 4 rings (SSSR count). The van der Waals surface area contributed by atoms with Crippen LogP contribution in [0.1, 0.15) is 11.3 Å². The van der Waals surface area contributed by atoms with Gasteiger partial charge in [-0.2, -0.15) is 0 Å². The molecule has 24 heavy (non-hydrogen) atoms. The van der Waals surface area contributed by atoms with E-state index >= 15 is 0 Å². The maximum absolute atomic E-state index is 11.6. The van der Waals surface area contributed by atoms with Crippen LogP contribution in [-0.4, -0.2) is 39.7 Å². The molecular weight excluding hydrogens is 344 g/mol. The molecule has 1 aromatic carbocycles. The van der Waals surface area contributed by atoms with E-state index in [1.165, 1.54) is 4.88 Å². The Labute approximate surface area is 147 Å². The van der Waals surface area contributed by atoms with E-state index in [9.17, 15) is 4.79 Å². The van der Waals surface area contributed by atoms with Gasteiger partial charge in [0, 0.05) is 21.2 Å². The van der Waals surface area contributed by atoms with E-state index in [2.05, 4.69) is 27.4 Å². The molecule has 3 aromatic rings. The minimum absolute atomic E-state index is 0.0782. The van der Waals surface area contributed by atoms with Crippen LogP contribution in [0.25, 0.3) is 10.9 Å². The maximum atomic E-state index is 11.6. The summed E-state index contributed by atoms with van der Waals surface area (Å²) in [6.45, 7) is 3.50. The molecule has 3 heterocycles. The SMILES string of the molecule is Cc1cnc(NC2COCC(Sc3ccc4c(=O)[nH][nH]c4c3)C2)s1. The van der Waals surface area contributed by atoms with Gasteiger partial charge in [-0.25, -0.2) is 4.98 Å². The Balaban J connectivity index is 1.42. The molecule has 1 aliphatic heterocycles. The Morgan fingerprint density at radius 3 is 3.12 bits per heavy atom. The van der Waals surface area contributed by atoms with Crippen molar-refractivity contribution in [3.63, 3.8) is 0 Å². The van der Waals surface area contributed by atoms with Crippen molar-refractivity contribution >= 4 is 39.1 Å². The molecule has 2 atom stereocenters. The first kappa shape index (κ1) is 15.7. The van der Waals surface area contributed by atoms with E-state index in [1.807, 2.05) is 24.4 Å². The Bertz CT molecular complexity index is 901. The third-order valence-electron chi connectivity index (χ3n) is 3.97. The molecule has 6 nitrogen and oxygen atoms in total. The predicted molar refractivity (Wildman–Crippen MR) is 98.3 cm³/mol. The quantitative estimate of drug-likeness (QED) is 0.665. The van der Waals surface area contributed by atoms with E-state index < -0.39 is 0 Å². The fraction of sp³-hybridized carbons (Fsp3) is 0.375. The minimum atomic E-state index is -0.0782. The number of rotatable bonds is 4. The van der Waals surface area contributed by atoms with Crippen LogP contribution in [0.5, 0.6) is 0 Å². The van der Waals surface area contributed by atoms with Crippen LogP contribution in [0.3, 0.4) is 0 Å². The number of aryl methyl sites for hydroxylation is 1. The number of anilines is 1. The fourth-order valence-corrected chi connectivity index (χ4v) is 4.81. The summed E-state index contributed by atoms with van der Waals surface area (Å²) in [5.74, 6) is 0. The standard InChI is InChI=1S/C16H18N4O2S2/c1-9-6-17-16(23-9)18-10-4-12(8-22-7-10)24-11-2-3-13-14(5-11)19-20-15(13)21/h2-3,5-6,10,12H,4,7-8H2,1H3,(H,17,18)(H2,19,20,21). The van der Waals surface area contributed by atoms with Crippen molar-refractivity contribution in [1.82, 2.24) is 15.2 Å². The summed E-state index contributed by atoms with van der Waals surface area (Å²) in [6, 6.07) is 6.15. The first-order chi connectivity index (χ1) is 11.7. The molecular formula is C16H18N4O2S2. The summed E-state index contributed by atoms with van der Waals surface area (Å²) in [7, 11) is 0. The van der Waals surface area contributed by atoms with Gasteiger partial charge >= 0.3 is 0 Å². The summed E-state index contributed by atoms with van der Waals surface area (Å²) in [5, 5.41) is 11.0. The molecule has 1 aliphatic rings. The lowest BCUT2D eigenvalue weighted by molar-refractivity contribution is 0.0922. The third-order valence-corrected chi connectivity index (χ3v) is 6.00. The highest BCUT2D eigenvalue weighted by molar-refractivity contribution is 8.00. The van der Waals surface area contributed by atoms with Gasteiger partial charge in [-0.05, 0) is 31.5 Å². The number of ether oxygens (including phenoxy) is 1. The highest BCUT2D eigenvalue weighted by atomic mass is 32.2. The average Bonchev–Trinajstić information content (AvgIpc) is 3.14. The molecule has 126 valence electrons. The second-order valence-electron chi connectivity index (χ2n) is 5.92. The van der Waals surface area contributed by atoms with Crippen molar-refractivity contribution in [2.45, 2.75) is 29.5 Å². The number of hydrogen-bond donors (Lipinski definition) is 3. The number of hydrogen-bond acceptors (Lipinski definition) is 6. The van der Waals surface area contributed by atoms with Crippen molar-refractivity contribution < 1.29 is 4.74 Å². The van der Waals surface area contributed by atoms with Crippen LogP contribution < -0.4 is 10.9 Å². The molecule has 3 N–H and O–H groups in total. The topological polar surface area (TPSA) is 82.8 Å². The van der Waals surface area contributed by atoms with Gasteiger partial charge in [0.05, 0.1) is 30.2 Å². The van der Waals surface area contributed by atoms with Crippen LogP contribution in [0, 0.1) is 6.92 Å². The molecule has 2 unspecified atom stereocenters. The molecule has 8 heteroatoms. The van der Waals surface area contributed by atoms with Crippen LogP contribution >= 0.6 is 23.1 Å². The van der Waals surface area contributed by atoms with Crippen molar-refractivity contribution in [3.05, 3.63) is 39.6 Å². The number of nitrogens with one attached hydrogen (secondary N) is 3. The molecule has 0 radical (unpaired) electrons. The third kappa shape index (κ3) is 3.35. The molecule has 0 saturated carbocycles. The van der Waals surface area contributed by atoms with Gasteiger partial charge in [-0.1, -0.05) is 0 Å². The number of aromatic nitrogens is 3. The largest absolute Gasteiger partial charge is 0.378 e. The molecule has 2 aromatic heterocycles. The Morgan fingerprint density at radius 1 is 1.38 bits per heavy atom. The zero-order chi connectivity index (χ0) is 16.5. The van der Waals surface area contributed by atoms with Crippen molar-refractivity contribution in [2.24, 2.45) is 0 Å². The monoisotopic (exact) mass is 362 g/mol. The van der Waals surface area contributed by atoms with Gasteiger partial charge in [0.1, 0.15) is 0 Å². The Kier molecular flexibility index (Phi) is 4.34. The number of aromatic amines is 2. The molecule has 0 spiro atoms. The molecule has 0 amide bonds. The van der Waals surface area contributed by atoms with E-state index in [0.29, 0.717) is 17.2 Å². The van der Waals surface area contributed by atoms with Crippen molar-refractivity contribution in [2.75, 3.05) is 18.5 Å². The Hall–Kier alpha value is -1.77. The van der Waals surface area contributed by atoms with Crippen molar-refractivity contribution in [3.8, 4) is 0 Å². The van der Waals surface area contributed by atoms with Crippen molar-refractivity contribution in [1.29, 1.82) is 0 Å². The highest BCUT2D eigenvalue weighted by Crippen LogP contribution is 2.31. The number of nitrogens with zero attached hydrogens (tertiary/aromatic N) is 1. The van der Waals surface area contributed by atoms with Gasteiger partial charge in [0.25, 0.3) is 5.56 Å². The van der Waals surface area contributed by atoms with Crippen LogP contribution in [0.15, 0.2) is 34.1 Å². The normalized spacial score (nSPS) is 21.2. The fourth-order valence-electron chi connectivity index (χ4n) is 2.86. The molecule has 0 bridgehead atoms. The lowest BCUT2D eigenvalue weighted by atomic mass is 10.1. The van der Waals surface area contributed by atoms with E-state index in [-0.39, 0.29) is 11.6 Å². The number of thiazole rings is 1.